The average Bonchev–Trinajstić information content (AvgIpc) is 3.19. The second kappa shape index (κ2) is 14.6. The van der Waals surface area contributed by atoms with Gasteiger partial charge in [-0.25, -0.2) is 0 Å². The van der Waals surface area contributed by atoms with Gasteiger partial charge in [-0.3, -0.25) is 0 Å². The normalized spacial score (nSPS) is 11.1. The molecule has 4 heteroatoms. The Morgan fingerprint density at radius 2 is 1.32 bits per heavy atom. The number of nitrogens with zero attached hydrogens (tertiary/aromatic N) is 2. The zero-order valence-electron chi connectivity index (χ0n) is 17.9. The third-order valence-corrected chi connectivity index (χ3v) is 6.11. The topological polar surface area (TPSA) is 35.0 Å². The maximum absolute atomic E-state index is 5.87. The van der Waals surface area contributed by atoms with Crippen molar-refractivity contribution in [3.63, 3.8) is 0 Å². The van der Waals surface area contributed by atoms with Gasteiger partial charge in [-0.05, 0) is 37.1 Å². The summed E-state index contributed by atoms with van der Waals surface area (Å²) in [5.41, 5.74) is 1.14. The number of benzene rings is 1. The van der Waals surface area contributed by atoms with Gasteiger partial charge in [0, 0.05) is 12.0 Å². The van der Waals surface area contributed by atoms with Gasteiger partial charge < -0.3 is 4.74 Å². The maximum Gasteiger partial charge on any atom is 0.147 e. The Labute approximate surface area is 175 Å². The highest BCUT2D eigenvalue weighted by Crippen LogP contribution is 2.26. The van der Waals surface area contributed by atoms with Crippen LogP contribution in [0.5, 0.6) is 5.75 Å². The van der Waals surface area contributed by atoms with E-state index in [1.807, 2.05) is 0 Å². The molecule has 0 bridgehead atoms. The van der Waals surface area contributed by atoms with Crippen LogP contribution in [0.3, 0.4) is 0 Å². The van der Waals surface area contributed by atoms with E-state index in [9.17, 15) is 0 Å². The molecule has 0 N–H and O–H groups in total. The molecule has 0 aliphatic rings. The van der Waals surface area contributed by atoms with E-state index in [-0.39, 0.29) is 0 Å². The number of rotatable bonds is 16. The smallest absolute Gasteiger partial charge is 0.147 e. The molecule has 0 spiro atoms. The second-order valence-corrected chi connectivity index (χ2v) is 8.72. The molecule has 3 nitrogen and oxygen atoms in total. The van der Waals surface area contributed by atoms with Crippen molar-refractivity contribution in [2.45, 2.75) is 97.3 Å². The van der Waals surface area contributed by atoms with E-state index >= 15 is 0 Å². The van der Waals surface area contributed by atoms with Crippen LogP contribution in [0.15, 0.2) is 24.3 Å². The SMILES string of the molecule is CCCCCCCCOc1ccc(-c2nnc(CCCCCCCC)s2)cc1. The highest BCUT2D eigenvalue weighted by molar-refractivity contribution is 7.14. The van der Waals surface area contributed by atoms with Crippen LogP contribution >= 0.6 is 11.3 Å². The molecule has 0 unspecified atom stereocenters. The van der Waals surface area contributed by atoms with Crippen LogP contribution in [0.4, 0.5) is 0 Å². The fourth-order valence-electron chi connectivity index (χ4n) is 3.29. The van der Waals surface area contributed by atoms with Gasteiger partial charge in [0.1, 0.15) is 15.8 Å². The van der Waals surface area contributed by atoms with Crippen LogP contribution in [0.2, 0.25) is 0 Å². The molecule has 2 rings (SSSR count). The number of aromatic nitrogens is 2. The highest BCUT2D eigenvalue weighted by Gasteiger charge is 2.07. The van der Waals surface area contributed by atoms with E-state index in [2.05, 4.69) is 48.3 Å². The average molecular weight is 403 g/mol. The summed E-state index contributed by atoms with van der Waals surface area (Å²) in [6.07, 6.45) is 16.7. The lowest BCUT2D eigenvalue weighted by Gasteiger charge is -2.06. The van der Waals surface area contributed by atoms with Crippen molar-refractivity contribution in [2.24, 2.45) is 0 Å². The summed E-state index contributed by atoms with van der Waals surface area (Å²) >= 11 is 1.73. The standard InChI is InChI=1S/C24H38N2OS/c1-3-5-7-9-11-13-15-23-25-26-24(28-23)21-16-18-22(19-17-21)27-20-14-12-10-8-6-4-2/h16-19H,3-15,20H2,1-2H3. The van der Waals surface area contributed by atoms with Crippen LogP contribution in [0.1, 0.15) is 95.9 Å². The Balaban J connectivity index is 1.66. The summed E-state index contributed by atoms with van der Waals surface area (Å²) in [5.74, 6) is 0.953. The predicted octanol–water partition coefficient (Wildman–Crippen LogP) is 7.85. The van der Waals surface area contributed by atoms with Gasteiger partial charge in [-0.2, -0.15) is 0 Å². The van der Waals surface area contributed by atoms with E-state index in [1.54, 1.807) is 11.3 Å². The summed E-state index contributed by atoms with van der Waals surface area (Å²) in [7, 11) is 0. The molecule has 0 saturated heterocycles. The largest absolute Gasteiger partial charge is 0.494 e. The van der Waals surface area contributed by atoms with Gasteiger partial charge in [0.2, 0.25) is 0 Å². The van der Waals surface area contributed by atoms with Gasteiger partial charge in [-0.15, -0.1) is 10.2 Å². The lowest BCUT2D eigenvalue weighted by molar-refractivity contribution is 0.304. The van der Waals surface area contributed by atoms with Crippen molar-refractivity contribution < 1.29 is 4.74 Å². The first-order valence-corrected chi connectivity index (χ1v) is 12.2. The van der Waals surface area contributed by atoms with E-state index in [4.69, 9.17) is 4.74 Å². The van der Waals surface area contributed by atoms with E-state index in [1.165, 1.54) is 70.6 Å². The number of hydrogen-bond donors (Lipinski definition) is 0. The van der Waals surface area contributed by atoms with Crippen molar-refractivity contribution in [3.05, 3.63) is 29.3 Å². The molecule has 0 aliphatic carbocycles. The van der Waals surface area contributed by atoms with Gasteiger partial charge in [0.25, 0.3) is 0 Å². The van der Waals surface area contributed by atoms with Gasteiger partial charge in [-0.1, -0.05) is 89.4 Å². The van der Waals surface area contributed by atoms with Crippen molar-refractivity contribution in [2.75, 3.05) is 6.61 Å². The fraction of sp³-hybridized carbons (Fsp3) is 0.667. The summed E-state index contributed by atoms with van der Waals surface area (Å²) in [4.78, 5) is 0. The number of aryl methyl sites for hydroxylation is 1. The molecule has 0 amide bonds. The number of ether oxygens (including phenoxy) is 1. The molecule has 1 aromatic heterocycles. The predicted molar refractivity (Wildman–Crippen MR) is 121 cm³/mol. The highest BCUT2D eigenvalue weighted by atomic mass is 32.1. The third-order valence-electron chi connectivity index (χ3n) is 5.08. The molecule has 28 heavy (non-hydrogen) atoms. The molecule has 0 aliphatic heterocycles. The van der Waals surface area contributed by atoms with Crippen LogP contribution in [0, 0.1) is 0 Å². The first-order valence-electron chi connectivity index (χ1n) is 11.4. The summed E-state index contributed by atoms with van der Waals surface area (Å²) in [6, 6.07) is 8.32. The van der Waals surface area contributed by atoms with E-state index < -0.39 is 0 Å². The number of hydrogen-bond acceptors (Lipinski definition) is 4. The Bertz CT molecular complexity index is 624. The minimum absolute atomic E-state index is 0.812. The van der Waals surface area contributed by atoms with Crippen molar-refractivity contribution >= 4 is 11.3 Å². The summed E-state index contributed by atoms with van der Waals surface area (Å²) in [5, 5.41) is 10.9. The zero-order valence-corrected chi connectivity index (χ0v) is 18.7. The zero-order chi connectivity index (χ0) is 19.9. The first kappa shape index (κ1) is 22.9. The molecule has 1 heterocycles. The Morgan fingerprint density at radius 1 is 0.714 bits per heavy atom. The Morgan fingerprint density at radius 3 is 2.00 bits per heavy atom. The Kier molecular flexibility index (Phi) is 11.9. The molecule has 0 fully saturated rings. The molecule has 1 aromatic carbocycles. The van der Waals surface area contributed by atoms with Crippen molar-refractivity contribution in [3.8, 4) is 16.3 Å². The van der Waals surface area contributed by atoms with Gasteiger partial charge in [0.15, 0.2) is 0 Å². The quantitative estimate of drug-likeness (QED) is 0.268. The Hall–Kier alpha value is -1.42. The molecule has 2 aromatic rings. The van der Waals surface area contributed by atoms with Crippen molar-refractivity contribution in [1.29, 1.82) is 0 Å². The molecule has 156 valence electrons. The molecular weight excluding hydrogens is 364 g/mol. The minimum atomic E-state index is 0.812. The van der Waals surface area contributed by atoms with Crippen LogP contribution < -0.4 is 4.74 Å². The first-order chi connectivity index (χ1) is 13.8. The van der Waals surface area contributed by atoms with E-state index in [0.717, 1.165) is 40.8 Å². The maximum atomic E-state index is 5.87. The van der Waals surface area contributed by atoms with Crippen molar-refractivity contribution in [1.82, 2.24) is 10.2 Å². The van der Waals surface area contributed by atoms with E-state index in [0.29, 0.717) is 0 Å². The molecule has 0 saturated carbocycles. The monoisotopic (exact) mass is 402 g/mol. The van der Waals surface area contributed by atoms with Crippen LogP contribution in [-0.4, -0.2) is 16.8 Å². The summed E-state index contributed by atoms with van der Waals surface area (Å²) < 4.78 is 5.87. The molecule has 0 atom stereocenters. The lowest BCUT2D eigenvalue weighted by Crippen LogP contribution is -1.97. The van der Waals surface area contributed by atoms with Gasteiger partial charge >= 0.3 is 0 Å². The lowest BCUT2D eigenvalue weighted by atomic mass is 10.1. The van der Waals surface area contributed by atoms with Crippen LogP contribution in [0.25, 0.3) is 10.6 Å². The van der Waals surface area contributed by atoms with Crippen LogP contribution in [-0.2, 0) is 6.42 Å². The van der Waals surface area contributed by atoms with Gasteiger partial charge in [0.05, 0.1) is 6.61 Å². The molecular formula is C24H38N2OS. The molecule has 0 radical (unpaired) electrons. The summed E-state index contributed by atoms with van der Waals surface area (Å²) in [6.45, 7) is 5.33. The fourth-order valence-corrected chi connectivity index (χ4v) is 4.18. The minimum Gasteiger partial charge on any atom is -0.494 e. The number of unbranched alkanes of at least 4 members (excludes halogenated alkanes) is 10. The second-order valence-electron chi connectivity index (χ2n) is 7.66. The third kappa shape index (κ3) is 9.18.